The first-order valence-corrected chi connectivity index (χ1v) is 16.6. The van der Waals surface area contributed by atoms with Crippen LogP contribution in [-0.4, -0.2) is 15.0 Å². The molecule has 3 aromatic heterocycles. The summed E-state index contributed by atoms with van der Waals surface area (Å²) in [4.78, 5) is 15.2. The number of fused-ring (bicyclic) bond motifs is 6. The van der Waals surface area contributed by atoms with Gasteiger partial charge in [-0.25, -0.2) is 15.0 Å². The van der Waals surface area contributed by atoms with Crippen LogP contribution in [-0.2, 0) is 0 Å². The first-order valence-electron chi connectivity index (χ1n) is 16.6. The molecule has 234 valence electrons. The van der Waals surface area contributed by atoms with Gasteiger partial charge in [0.2, 0.25) is 0 Å². The van der Waals surface area contributed by atoms with E-state index in [4.69, 9.17) is 23.8 Å². The molecule has 10 rings (SSSR count). The van der Waals surface area contributed by atoms with E-state index in [1.807, 2.05) is 78.9 Å². The van der Waals surface area contributed by atoms with E-state index in [0.29, 0.717) is 17.5 Å². The van der Waals surface area contributed by atoms with Crippen LogP contribution in [0.4, 0.5) is 0 Å². The van der Waals surface area contributed by atoms with Gasteiger partial charge in [-0.2, -0.15) is 0 Å². The number of aromatic nitrogens is 3. The van der Waals surface area contributed by atoms with E-state index in [-0.39, 0.29) is 0 Å². The van der Waals surface area contributed by atoms with Crippen molar-refractivity contribution in [2.45, 2.75) is 0 Å². The quantitative estimate of drug-likeness (QED) is 0.187. The van der Waals surface area contributed by atoms with Crippen molar-refractivity contribution in [3.63, 3.8) is 0 Å². The normalized spacial score (nSPS) is 11.6. The van der Waals surface area contributed by atoms with Gasteiger partial charge in [0.1, 0.15) is 22.3 Å². The fourth-order valence-electron chi connectivity index (χ4n) is 6.91. The number of furan rings is 2. The number of para-hydroxylation sites is 1. The molecule has 5 nitrogen and oxygen atoms in total. The Hall–Kier alpha value is -6.85. The predicted octanol–water partition coefficient (Wildman–Crippen LogP) is 12.0. The summed E-state index contributed by atoms with van der Waals surface area (Å²) in [6.07, 6.45) is 0. The Labute approximate surface area is 287 Å². The third-order valence-corrected chi connectivity index (χ3v) is 9.34. The molecule has 0 amide bonds. The molecule has 0 saturated heterocycles. The molecule has 0 N–H and O–H groups in total. The lowest BCUT2D eigenvalue weighted by molar-refractivity contribution is 0.668. The van der Waals surface area contributed by atoms with Crippen molar-refractivity contribution in [3.8, 4) is 56.4 Å². The van der Waals surface area contributed by atoms with Crippen molar-refractivity contribution in [3.05, 3.63) is 164 Å². The van der Waals surface area contributed by atoms with E-state index < -0.39 is 0 Å². The van der Waals surface area contributed by atoms with Gasteiger partial charge in [-0.3, -0.25) is 0 Å². The van der Waals surface area contributed by atoms with Crippen LogP contribution in [0.15, 0.2) is 173 Å². The Morgan fingerprint density at radius 2 is 0.820 bits per heavy atom. The van der Waals surface area contributed by atoms with Crippen LogP contribution in [0.1, 0.15) is 0 Å². The highest BCUT2D eigenvalue weighted by molar-refractivity contribution is 6.13. The number of rotatable bonds is 5. The molecule has 0 radical (unpaired) electrons. The van der Waals surface area contributed by atoms with Crippen LogP contribution in [0.25, 0.3) is 100 Å². The third kappa shape index (κ3) is 4.75. The SMILES string of the molecule is c1ccc(-c2cccc(-c3ccc4oc5cccc(-c6nc(-c7ccccc7)nc(-c7ccc8oc9ccccc9c8c7)n6)c5c4c3)c2)cc1. The van der Waals surface area contributed by atoms with Gasteiger partial charge in [-0.15, -0.1) is 0 Å². The number of hydrogen-bond acceptors (Lipinski definition) is 5. The van der Waals surface area contributed by atoms with Crippen molar-refractivity contribution in [2.24, 2.45) is 0 Å². The molecular weight excluding hydrogens is 615 g/mol. The molecule has 5 heteroatoms. The third-order valence-electron chi connectivity index (χ3n) is 9.34. The van der Waals surface area contributed by atoms with Gasteiger partial charge in [-0.1, -0.05) is 115 Å². The minimum Gasteiger partial charge on any atom is -0.456 e. The van der Waals surface area contributed by atoms with Gasteiger partial charge in [0, 0.05) is 38.2 Å². The molecule has 0 aliphatic carbocycles. The second-order valence-corrected chi connectivity index (χ2v) is 12.4. The summed E-state index contributed by atoms with van der Waals surface area (Å²) >= 11 is 0. The maximum absolute atomic E-state index is 6.43. The molecule has 0 spiro atoms. The van der Waals surface area contributed by atoms with Gasteiger partial charge in [0.25, 0.3) is 0 Å². The molecule has 0 bridgehead atoms. The second kappa shape index (κ2) is 11.4. The molecular formula is C45H27N3O2. The Kier molecular flexibility index (Phi) is 6.42. The predicted molar refractivity (Wildman–Crippen MR) is 202 cm³/mol. The van der Waals surface area contributed by atoms with Crippen molar-refractivity contribution in [2.75, 3.05) is 0 Å². The van der Waals surface area contributed by atoms with Gasteiger partial charge in [0.05, 0.1) is 0 Å². The summed E-state index contributed by atoms with van der Waals surface area (Å²) in [5, 5.41) is 4.05. The highest BCUT2D eigenvalue weighted by atomic mass is 16.3. The maximum atomic E-state index is 6.43. The molecule has 50 heavy (non-hydrogen) atoms. The van der Waals surface area contributed by atoms with E-state index in [9.17, 15) is 0 Å². The van der Waals surface area contributed by atoms with Gasteiger partial charge in [0.15, 0.2) is 17.5 Å². The van der Waals surface area contributed by atoms with E-state index >= 15 is 0 Å². The summed E-state index contributed by atoms with van der Waals surface area (Å²) in [6, 6.07) is 55.9. The zero-order valence-electron chi connectivity index (χ0n) is 26.7. The lowest BCUT2D eigenvalue weighted by atomic mass is 9.97. The van der Waals surface area contributed by atoms with E-state index in [1.165, 1.54) is 11.1 Å². The largest absolute Gasteiger partial charge is 0.456 e. The smallest absolute Gasteiger partial charge is 0.164 e. The van der Waals surface area contributed by atoms with Gasteiger partial charge >= 0.3 is 0 Å². The zero-order chi connectivity index (χ0) is 33.0. The molecule has 0 unspecified atom stereocenters. The molecule has 0 atom stereocenters. The van der Waals surface area contributed by atoms with Crippen LogP contribution in [0.2, 0.25) is 0 Å². The van der Waals surface area contributed by atoms with Crippen molar-refractivity contribution >= 4 is 43.9 Å². The van der Waals surface area contributed by atoms with Crippen LogP contribution < -0.4 is 0 Å². The first kappa shape index (κ1) is 28.2. The molecule has 10 aromatic rings. The average Bonchev–Trinajstić information content (AvgIpc) is 3.76. The van der Waals surface area contributed by atoms with Crippen LogP contribution in [0.5, 0.6) is 0 Å². The number of nitrogens with zero attached hydrogens (tertiary/aromatic N) is 3. The summed E-state index contributed by atoms with van der Waals surface area (Å²) in [5.41, 5.74) is 10.6. The molecule has 0 aliphatic rings. The lowest BCUT2D eigenvalue weighted by Crippen LogP contribution is -2.00. The van der Waals surface area contributed by atoms with Crippen LogP contribution in [0, 0.1) is 0 Å². The molecule has 7 aromatic carbocycles. The molecule has 0 saturated carbocycles. The standard InChI is InChI=1S/C45H27N3O2/c1-3-11-28(12-4-1)30-15-9-16-31(25-30)32-21-23-40-37(26-32)42-35(18-10-20-41(42)50-40)45-47-43(29-13-5-2-6-14-29)46-44(48-45)33-22-24-39-36(27-33)34-17-7-8-19-38(34)49-39/h1-27H. The van der Waals surface area contributed by atoms with E-state index in [1.54, 1.807) is 0 Å². The highest BCUT2D eigenvalue weighted by Gasteiger charge is 2.19. The fourth-order valence-corrected chi connectivity index (χ4v) is 6.91. The Morgan fingerprint density at radius 3 is 1.64 bits per heavy atom. The number of hydrogen-bond donors (Lipinski definition) is 0. The fraction of sp³-hybridized carbons (Fsp3) is 0. The van der Waals surface area contributed by atoms with E-state index in [0.717, 1.165) is 71.7 Å². The Bertz CT molecular complexity index is 2870. The maximum Gasteiger partial charge on any atom is 0.164 e. The topological polar surface area (TPSA) is 65.0 Å². The number of benzene rings is 7. The van der Waals surface area contributed by atoms with Gasteiger partial charge < -0.3 is 8.83 Å². The highest BCUT2D eigenvalue weighted by Crippen LogP contribution is 2.39. The van der Waals surface area contributed by atoms with Crippen LogP contribution in [0.3, 0.4) is 0 Å². The Balaban J connectivity index is 1.16. The van der Waals surface area contributed by atoms with Crippen molar-refractivity contribution < 1.29 is 8.83 Å². The van der Waals surface area contributed by atoms with Crippen molar-refractivity contribution in [1.29, 1.82) is 0 Å². The summed E-state index contributed by atoms with van der Waals surface area (Å²) in [7, 11) is 0. The molecule has 3 heterocycles. The minimum absolute atomic E-state index is 0.579. The molecule has 0 aliphatic heterocycles. The summed E-state index contributed by atoms with van der Waals surface area (Å²) in [6.45, 7) is 0. The second-order valence-electron chi connectivity index (χ2n) is 12.4. The zero-order valence-corrected chi connectivity index (χ0v) is 26.7. The van der Waals surface area contributed by atoms with Gasteiger partial charge in [-0.05, 0) is 70.8 Å². The summed E-state index contributed by atoms with van der Waals surface area (Å²) < 4.78 is 12.5. The van der Waals surface area contributed by atoms with E-state index in [2.05, 4.69) is 84.9 Å². The lowest BCUT2D eigenvalue weighted by Gasteiger charge is -2.10. The summed E-state index contributed by atoms with van der Waals surface area (Å²) in [5.74, 6) is 1.77. The minimum atomic E-state index is 0.579. The molecule has 0 fully saturated rings. The average molecular weight is 642 g/mol. The van der Waals surface area contributed by atoms with Crippen LogP contribution >= 0.6 is 0 Å². The van der Waals surface area contributed by atoms with Crippen molar-refractivity contribution in [1.82, 2.24) is 15.0 Å². The Morgan fingerprint density at radius 1 is 0.300 bits per heavy atom. The first-order chi connectivity index (χ1) is 24.7. The monoisotopic (exact) mass is 641 g/mol.